The first-order chi connectivity index (χ1) is 7.86. The van der Waals surface area contributed by atoms with Gasteiger partial charge in [0.1, 0.15) is 0 Å². The molecular weight excluding hydrogens is 216 g/mol. The lowest BCUT2D eigenvalue weighted by molar-refractivity contribution is 0.588. The molecule has 0 aromatic heterocycles. The molecule has 2 rings (SSSR count). The van der Waals surface area contributed by atoms with Crippen LogP contribution in [0.3, 0.4) is 0 Å². The highest BCUT2D eigenvalue weighted by molar-refractivity contribution is 7.98. The Hall–Kier alpha value is -0.930. The maximum Gasteiger partial charge on any atom is 0.0451 e. The summed E-state index contributed by atoms with van der Waals surface area (Å²) in [6, 6.07) is 6.49. The highest BCUT2D eigenvalue weighted by atomic mass is 32.2. The van der Waals surface area contributed by atoms with Gasteiger partial charge in [0.15, 0.2) is 0 Å². The Morgan fingerprint density at radius 2 is 2.12 bits per heavy atom. The Morgan fingerprint density at radius 1 is 1.38 bits per heavy atom. The Labute approximate surface area is 102 Å². The quantitative estimate of drug-likeness (QED) is 0.809. The summed E-state index contributed by atoms with van der Waals surface area (Å²) in [5, 5.41) is 3.38. The Bertz CT molecular complexity index is 370. The molecule has 1 saturated heterocycles. The average Bonchev–Trinajstić information content (AvgIpc) is 2.38. The molecule has 16 heavy (non-hydrogen) atoms. The fourth-order valence-electron chi connectivity index (χ4n) is 2.10. The number of anilines is 1. The Kier molecular flexibility index (Phi) is 3.91. The van der Waals surface area contributed by atoms with Gasteiger partial charge in [-0.15, -0.1) is 11.8 Å². The third-order valence-corrected chi connectivity index (χ3v) is 3.72. The lowest BCUT2D eigenvalue weighted by atomic mass is 10.1. The molecule has 0 saturated carbocycles. The molecule has 1 aliphatic rings. The van der Waals surface area contributed by atoms with Crippen LogP contribution in [0.25, 0.3) is 6.08 Å². The smallest absolute Gasteiger partial charge is 0.0451 e. The molecule has 1 aliphatic heterocycles. The summed E-state index contributed by atoms with van der Waals surface area (Å²) in [5.41, 5.74) is 2.60. The van der Waals surface area contributed by atoms with E-state index in [-0.39, 0.29) is 0 Å². The van der Waals surface area contributed by atoms with Crippen molar-refractivity contribution in [3.05, 3.63) is 30.3 Å². The van der Waals surface area contributed by atoms with Crippen LogP contribution in [0, 0.1) is 0 Å². The monoisotopic (exact) mass is 234 g/mol. The molecule has 0 atom stereocenters. The lowest BCUT2D eigenvalue weighted by Gasteiger charge is -2.31. The van der Waals surface area contributed by atoms with Crippen molar-refractivity contribution in [1.29, 1.82) is 0 Å². The standard InChI is InChI=1S/C13H18N2S/c1-3-11-12(5-4-6-13(11)16-2)15-9-7-14-8-10-15/h3-6,14H,1,7-10H2,2H3. The van der Waals surface area contributed by atoms with Crippen LogP contribution < -0.4 is 10.2 Å². The van der Waals surface area contributed by atoms with Crippen molar-refractivity contribution in [2.45, 2.75) is 4.90 Å². The summed E-state index contributed by atoms with van der Waals surface area (Å²) in [7, 11) is 0. The number of hydrogen-bond acceptors (Lipinski definition) is 3. The number of rotatable bonds is 3. The molecule has 2 nitrogen and oxygen atoms in total. The molecule has 1 fully saturated rings. The highest BCUT2D eigenvalue weighted by Gasteiger charge is 2.14. The first-order valence-electron chi connectivity index (χ1n) is 5.62. The normalized spacial score (nSPS) is 16.2. The van der Waals surface area contributed by atoms with E-state index in [9.17, 15) is 0 Å². The maximum atomic E-state index is 3.94. The second-order valence-electron chi connectivity index (χ2n) is 3.83. The number of nitrogens with zero attached hydrogens (tertiary/aromatic N) is 1. The predicted molar refractivity (Wildman–Crippen MR) is 73.4 cm³/mol. The molecule has 0 unspecified atom stereocenters. The fourth-order valence-corrected chi connectivity index (χ4v) is 2.72. The van der Waals surface area contributed by atoms with Gasteiger partial charge >= 0.3 is 0 Å². The molecule has 0 radical (unpaired) electrons. The Morgan fingerprint density at radius 3 is 2.75 bits per heavy atom. The van der Waals surface area contributed by atoms with E-state index in [2.05, 4.69) is 41.3 Å². The minimum atomic E-state index is 1.07. The molecule has 1 aromatic carbocycles. The largest absolute Gasteiger partial charge is 0.368 e. The van der Waals surface area contributed by atoms with Gasteiger partial charge in [-0.05, 0) is 18.4 Å². The number of nitrogens with one attached hydrogen (secondary N) is 1. The third-order valence-electron chi connectivity index (χ3n) is 2.92. The van der Waals surface area contributed by atoms with Crippen LogP contribution >= 0.6 is 11.8 Å². The number of piperazine rings is 1. The van der Waals surface area contributed by atoms with E-state index in [1.54, 1.807) is 11.8 Å². The van der Waals surface area contributed by atoms with Gasteiger partial charge in [-0.2, -0.15) is 0 Å². The SMILES string of the molecule is C=Cc1c(SC)cccc1N1CCNCC1. The molecule has 0 spiro atoms. The molecule has 1 heterocycles. The molecule has 1 N–H and O–H groups in total. The minimum absolute atomic E-state index is 1.07. The number of benzene rings is 1. The van der Waals surface area contributed by atoms with Crippen molar-refractivity contribution in [3.8, 4) is 0 Å². The third kappa shape index (κ3) is 2.25. The van der Waals surface area contributed by atoms with Crippen LogP contribution in [0.5, 0.6) is 0 Å². The van der Waals surface area contributed by atoms with Crippen LogP contribution in [-0.2, 0) is 0 Å². The number of hydrogen-bond donors (Lipinski definition) is 1. The van der Waals surface area contributed by atoms with E-state index in [4.69, 9.17) is 0 Å². The summed E-state index contributed by atoms with van der Waals surface area (Å²) >= 11 is 1.78. The van der Waals surface area contributed by atoms with Gasteiger partial charge in [0, 0.05) is 42.3 Å². The zero-order valence-corrected chi connectivity index (χ0v) is 10.5. The first-order valence-corrected chi connectivity index (χ1v) is 6.84. The average molecular weight is 234 g/mol. The van der Waals surface area contributed by atoms with E-state index in [0.29, 0.717) is 0 Å². The second kappa shape index (κ2) is 5.41. The summed E-state index contributed by atoms with van der Waals surface area (Å²) in [6.45, 7) is 8.24. The summed E-state index contributed by atoms with van der Waals surface area (Å²) in [4.78, 5) is 3.75. The van der Waals surface area contributed by atoms with Crippen LogP contribution in [0.15, 0.2) is 29.7 Å². The highest BCUT2D eigenvalue weighted by Crippen LogP contribution is 2.30. The van der Waals surface area contributed by atoms with E-state index >= 15 is 0 Å². The molecule has 3 heteroatoms. The van der Waals surface area contributed by atoms with Gasteiger partial charge < -0.3 is 10.2 Å². The van der Waals surface area contributed by atoms with Crippen LogP contribution in [0.4, 0.5) is 5.69 Å². The van der Waals surface area contributed by atoms with Gasteiger partial charge in [-0.25, -0.2) is 0 Å². The van der Waals surface area contributed by atoms with Crippen molar-refractivity contribution in [3.63, 3.8) is 0 Å². The summed E-state index contributed by atoms with van der Waals surface area (Å²) in [6.07, 6.45) is 4.09. The number of thioether (sulfide) groups is 1. The Balaban J connectivity index is 2.34. The first kappa shape index (κ1) is 11.6. The maximum absolute atomic E-state index is 3.94. The van der Waals surface area contributed by atoms with Gasteiger partial charge in [0.25, 0.3) is 0 Å². The van der Waals surface area contributed by atoms with E-state index < -0.39 is 0 Å². The fraction of sp³-hybridized carbons (Fsp3) is 0.385. The second-order valence-corrected chi connectivity index (χ2v) is 4.68. The molecule has 0 aliphatic carbocycles. The molecule has 0 amide bonds. The van der Waals surface area contributed by atoms with E-state index in [1.165, 1.54) is 16.1 Å². The van der Waals surface area contributed by atoms with Crippen molar-refractivity contribution in [1.82, 2.24) is 5.32 Å². The minimum Gasteiger partial charge on any atom is -0.368 e. The van der Waals surface area contributed by atoms with Gasteiger partial charge in [-0.3, -0.25) is 0 Å². The molecule has 0 bridgehead atoms. The molecular formula is C13H18N2S. The predicted octanol–water partition coefficient (Wildman–Crippen LogP) is 2.46. The van der Waals surface area contributed by atoms with E-state index in [1.807, 2.05) is 6.08 Å². The van der Waals surface area contributed by atoms with Crippen molar-refractivity contribution < 1.29 is 0 Å². The van der Waals surface area contributed by atoms with Crippen LogP contribution in [0.2, 0.25) is 0 Å². The zero-order valence-electron chi connectivity index (χ0n) is 9.70. The summed E-state index contributed by atoms with van der Waals surface area (Å²) < 4.78 is 0. The topological polar surface area (TPSA) is 15.3 Å². The van der Waals surface area contributed by atoms with Crippen molar-refractivity contribution in [2.75, 3.05) is 37.3 Å². The zero-order chi connectivity index (χ0) is 11.4. The van der Waals surface area contributed by atoms with Crippen LogP contribution in [-0.4, -0.2) is 32.4 Å². The van der Waals surface area contributed by atoms with E-state index in [0.717, 1.165) is 26.2 Å². The van der Waals surface area contributed by atoms with Crippen molar-refractivity contribution >= 4 is 23.5 Å². The van der Waals surface area contributed by atoms with Crippen LogP contribution in [0.1, 0.15) is 5.56 Å². The molecule has 1 aromatic rings. The van der Waals surface area contributed by atoms with Crippen molar-refractivity contribution in [2.24, 2.45) is 0 Å². The van der Waals surface area contributed by atoms with Gasteiger partial charge in [0.2, 0.25) is 0 Å². The summed E-state index contributed by atoms with van der Waals surface area (Å²) in [5.74, 6) is 0. The molecule has 86 valence electrons. The lowest BCUT2D eigenvalue weighted by Crippen LogP contribution is -2.43. The van der Waals surface area contributed by atoms with Gasteiger partial charge in [-0.1, -0.05) is 18.7 Å². The van der Waals surface area contributed by atoms with Gasteiger partial charge in [0.05, 0.1) is 0 Å².